The quantitative estimate of drug-likeness (QED) is 0.629. The van der Waals surface area contributed by atoms with Crippen LogP contribution in [-0.2, 0) is 20.9 Å². The maximum atomic E-state index is 11.9. The molecule has 0 amide bonds. The summed E-state index contributed by atoms with van der Waals surface area (Å²) in [5, 5.41) is 3.26. The molecule has 0 unspecified atom stereocenters. The molecule has 1 aromatic carbocycles. The van der Waals surface area contributed by atoms with Crippen molar-refractivity contribution in [1.29, 1.82) is 0 Å². The lowest BCUT2D eigenvalue weighted by atomic mass is 9.94. The fourth-order valence-electron chi connectivity index (χ4n) is 2.50. The number of esters is 1. The third-order valence-electron chi connectivity index (χ3n) is 3.60. The molecule has 0 aliphatic carbocycles. The zero-order valence-corrected chi connectivity index (χ0v) is 11.4. The van der Waals surface area contributed by atoms with Crippen molar-refractivity contribution in [1.82, 2.24) is 5.32 Å². The Hall–Kier alpha value is -1.39. The van der Waals surface area contributed by atoms with Crippen LogP contribution < -0.4 is 5.32 Å². The van der Waals surface area contributed by atoms with E-state index in [1.807, 2.05) is 30.3 Å². The Bertz CT molecular complexity index is 399. The molecule has 19 heavy (non-hydrogen) atoms. The molecule has 1 aromatic rings. The summed E-state index contributed by atoms with van der Waals surface area (Å²) in [6.45, 7) is 2.00. The molecule has 2 rings (SSSR count). The fourth-order valence-corrected chi connectivity index (χ4v) is 2.50. The molecule has 104 valence electrons. The van der Waals surface area contributed by atoms with E-state index in [0.717, 1.165) is 24.9 Å². The second-order valence-electron chi connectivity index (χ2n) is 4.89. The molecule has 1 fully saturated rings. The Morgan fingerprint density at radius 2 is 2.16 bits per heavy atom. The van der Waals surface area contributed by atoms with Crippen LogP contribution in [0.4, 0.5) is 0 Å². The van der Waals surface area contributed by atoms with Crippen molar-refractivity contribution in [3.05, 3.63) is 35.9 Å². The van der Waals surface area contributed by atoms with Crippen LogP contribution in [0, 0.1) is 0 Å². The Kier molecular flexibility index (Phi) is 4.93. The highest BCUT2D eigenvalue weighted by Gasteiger charge is 2.41. The van der Waals surface area contributed by atoms with Gasteiger partial charge in [0.2, 0.25) is 0 Å². The first-order valence-electron chi connectivity index (χ1n) is 6.72. The Morgan fingerprint density at radius 3 is 2.79 bits per heavy atom. The van der Waals surface area contributed by atoms with Gasteiger partial charge in [-0.1, -0.05) is 30.3 Å². The number of carbonyl (C=O) groups excluding carboxylic acids is 1. The van der Waals surface area contributed by atoms with Gasteiger partial charge in [0.05, 0.1) is 13.7 Å². The highest BCUT2D eigenvalue weighted by molar-refractivity contribution is 5.81. The van der Waals surface area contributed by atoms with Crippen LogP contribution in [0.3, 0.4) is 0 Å². The minimum Gasteiger partial charge on any atom is -0.468 e. The molecule has 1 heterocycles. The van der Waals surface area contributed by atoms with Crippen LogP contribution >= 0.6 is 0 Å². The Balaban J connectivity index is 1.79. The SMILES string of the molecule is COC(=O)[C@]1(CCOCc2ccccc2)CCCN1. The lowest BCUT2D eigenvalue weighted by molar-refractivity contribution is -0.149. The number of methoxy groups -OCH3 is 1. The van der Waals surface area contributed by atoms with Gasteiger partial charge in [0, 0.05) is 6.61 Å². The average Bonchev–Trinajstić information content (AvgIpc) is 2.94. The van der Waals surface area contributed by atoms with Gasteiger partial charge in [-0.2, -0.15) is 0 Å². The van der Waals surface area contributed by atoms with E-state index in [1.165, 1.54) is 7.11 Å². The molecule has 0 aromatic heterocycles. The predicted octanol–water partition coefficient (Wildman–Crippen LogP) is 1.89. The predicted molar refractivity (Wildman–Crippen MR) is 72.7 cm³/mol. The summed E-state index contributed by atoms with van der Waals surface area (Å²) in [5.74, 6) is -0.173. The zero-order valence-electron chi connectivity index (χ0n) is 11.4. The van der Waals surface area contributed by atoms with Crippen molar-refractivity contribution >= 4 is 5.97 Å². The first-order valence-corrected chi connectivity index (χ1v) is 6.72. The van der Waals surface area contributed by atoms with E-state index in [0.29, 0.717) is 19.6 Å². The van der Waals surface area contributed by atoms with Crippen LogP contribution in [-0.4, -0.2) is 31.8 Å². The Morgan fingerprint density at radius 1 is 1.37 bits per heavy atom. The molecule has 1 aliphatic heterocycles. The third kappa shape index (κ3) is 3.55. The number of benzene rings is 1. The molecule has 1 atom stereocenters. The van der Waals surface area contributed by atoms with Gasteiger partial charge < -0.3 is 14.8 Å². The van der Waals surface area contributed by atoms with Crippen molar-refractivity contribution in [3.63, 3.8) is 0 Å². The van der Waals surface area contributed by atoms with Gasteiger partial charge in [0.1, 0.15) is 5.54 Å². The molecule has 0 radical (unpaired) electrons. The topological polar surface area (TPSA) is 47.6 Å². The monoisotopic (exact) mass is 263 g/mol. The first-order chi connectivity index (χ1) is 9.27. The van der Waals surface area contributed by atoms with E-state index in [4.69, 9.17) is 9.47 Å². The first kappa shape index (κ1) is 14.0. The number of hydrogen-bond donors (Lipinski definition) is 1. The van der Waals surface area contributed by atoms with Crippen molar-refractivity contribution in [3.8, 4) is 0 Å². The molecule has 1 aliphatic rings. The van der Waals surface area contributed by atoms with Crippen LogP contribution in [0.15, 0.2) is 30.3 Å². The van der Waals surface area contributed by atoms with Gasteiger partial charge in [-0.25, -0.2) is 0 Å². The van der Waals surface area contributed by atoms with E-state index >= 15 is 0 Å². The van der Waals surface area contributed by atoms with Crippen LogP contribution in [0.1, 0.15) is 24.8 Å². The fraction of sp³-hybridized carbons (Fsp3) is 0.533. The third-order valence-corrected chi connectivity index (χ3v) is 3.60. The van der Waals surface area contributed by atoms with Gasteiger partial charge in [-0.3, -0.25) is 4.79 Å². The average molecular weight is 263 g/mol. The maximum absolute atomic E-state index is 11.9. The second kappa shape index (κ2) is 6.68. The van der Waals surface area contributed by atoms with Gasteiger partial charge >= 0.3 is 5.97 Å². The highest BCUT2D eigenvalue weighted by Crippen LogP contribution is 2.24. The molecule has 4 heteroatoms. The highest BCUT2D eigenvalue weighted by atomic mass is 16.5. The summed E-state index contributed by atoms with van der Waals surface area (Å²) < 4.78 is 10.5. The number of hydrogen-bond acceptors (Lipinski definition) is 4. The standard InChI is InChI=1S/C15H21NO3/c1-18-14(17)15(8-5-10-16-15)9-11-19-12-13-6-3-2-4-7-13/h2-4,6-7,16H,5,8-12H2,1H3/t15-/m1/s1. The molecule has 1 saturated heterocycles. The van der Waals surface area contributed by atoms with Crippen molar-refractivity contribution < 1.29 is 14.3 Å². The normalized spacial score (nSPS) is 22.4. The summed E-state index contributed by atoms with van der Waals surface area (Å²) in [7, 11) is 1.44. The van der Waals surface area contributed by atoms with Crippen molar-refractivity contribution in [2.45, 2.75) is 31.4 Å². The molecule has 4 nitrogen and oxygen atoms in total. The van der Waals surface area contributed by atoms with Crippen molar-refractivity contribution in [2.75, 3.05) is 20.3 Å². The summed E-state index contributed by atoms with van der Waals surface area (Å²) >= 11 is 0. The molecular weight excluding hydrogens is 242 g/mol. The van der Waals surface area contributed by atoms with Crippen molar-refractivity contribution in [2.24, 2.45) is 0 Å². The van der Waals surface area contributed by atoms with E-state index in [2.05, 4.69) is 5.32 Å². The number of ether oxygens (including phenoxy) is 2. The van der Waals surface area contributed by atoms with Gasteiger partial charge in [-0.15, -0.1) is 0 Å². The van der Waals surface area contributed by atoms with E-state index in [-0.39, 0.29) is 5.97 Å². The lowest BCUT2D eigenvalue weighted by Crippen LogP contribution is -2.49. The summed E-state index contributed by atoms with van der Waals surface area (Å²) in [5.41, 5.74) is 0.611. The summed E-state index contributed by atoms with van der Waals surface area (Å²) in [4.78, 5) is 11.9. The molecule has 1 N–H and O–H groups in total. The molecule has 0 bridgehead atoms. The van der Waals surface area contributed by atoms with Gasteiger partial charge in [0.25, 0.3) is 0 Å². The number of nitrogens with one attached hydrogen (secondary N) is 1. The number of carbonyl (C=O) groups is 1. The minimum absolute atomic E-state index is 0.173. The summed E-state index contributed by atoms with van der Waals surface area (Å²) in [6, 6.07) is 10.0. The smallest absolute Gasteiger partial charge is 0.326 e. The Labute approximate surface area is 114 Å². The number of rotatable bonds is 6. The van der Waals surface area contributed by atoms with E-state index < -0.39 is 5.54 Å². The van der Waals surface area contributed by atoms with Gasteiger partial charge in [0.15, 0.2) is 0 Å². The van der Waals surface area contributed by atoms with Gasteiger partial charge in [-0.05, 0) is 31.4 Å². The van der Waals surface area contributed by atoms with Crippen LogP contribution in [0.5, 0.6) is 0 Å². The van der Waals surface area contributed by atoms with E-state index in [9.17, 15) is 4.79 Å². The zero-order chi connectivity index (χ0) is 13.6. The van der Waals surface area contributed by atoms with E-state index in [1.54, 1.807) is 0 Å². The second-order valence-corrected chi connectivity index (χ2v) is 4.89. The maximum Gasteiger partial charge on any atom is 0.326 e. The molecular formula is C15H21NO3. The van der Waals surface area contributed by atoms with Crippen LogP contribution in [0.2, 0.25) is 0 Å². The largest absolute Gasteiger partial charge is 0.468 e. The molecule has 0 saturated carbocycles. The minimum atomic E-state index is -0.536. The summed E-state index contributed by atoms with van der Waals surface area (Å²) in [6.07, 6.45) is 2.49. The lowest BCUT2D eigenvalue weighted by Gasteiger charge is -2.26. The van der Waals surface area contributed by atoms with Crippen LogP contribution in [0.25, 0.3) is 0 Å². The molecule has 0 spiro atoms.